The van der Waals surface area contributed by atoms with Crippen LogP contribution in [0, 0.1) is 0 Å². The molecule has 0 aliphatic carbocycles. The highest BCUT2D eigenvalue weighted by atomic mass is 79.9. The monoisotopic (exact) mass is 458 g/mol. The molecule has 0 unspecified atom stereocenters. The van der Waals surface area contributed by atoms with Crippen LogP contribution in [0.4, 0.5) is 0 Å². The fraction of sp³-hybridized carbons (Fsp3) is 0.400. The highest BCUT2D eigenvalue weighted by molar-refractivity contribution is 9.10. The lowest BCUT2D eigenvalue weighted by Gasteiger charge is -2.18. The highest BCUT2D eigenvalue weighted by Crippen LogP contribution is 2.26. The average Bonchev–Trinajstić information content (AvgIpc) is 2.62. The molecule has 3 nitrogen and oxygen atoms in total. The van der Waals surface area contributed by atoms with Crippen LogP contribution in [0.1, 0.15) is 25.0 Å². The van der Waals surface area contributed by atoms with Crippen LogP contribution in [-0.2, 0) is 13.2 Å². The number of hydrogen-bond acceptors (Lipinski definition) is 3. The summed E-state index contributed by atoms with van der Waals surface area (Å²) >= 11 is 15.7. The molecule has 142 valence electrons. The van der Waals surface area contributed by atoms with Gasteiger partial charge in [0.1, 0.15) is 12.4 Å². The van der Waals surface area contributed by atoms with Gasteiger partial charge in [-0.05, 0) is 43.4 Å². The SMILES string of the molecule is CCN(CC)CCNCc1cc(Br)ccc1OCc1ccc(Cl)cc1Cl. The standard InChI is InChI=1S/C20H25BrCl2N2O/c1-3-25(4-2)10-9-24-13-16-11-17(21)6-8-20(16)26-14-15-5-7-18(22)12-19(15)23/h5-8,11-12,24H,3-4,9-10,13-14H2,1-2H3. The van der Waals surface area contributed by atoms with E-state index in [2.05, 4.69) is 46.1 Å². The highest BCUT2D eigenvalue weighted by Gasteiger charge is 2.08. The third kappa shape index (κ3) is 6.75. The predicted molar refractivity (Wildman–Crippen MR) is 114 cm³/mol. The number of rotatable bonds is 10. The van der Waals surface area contributed by atoms with Gasteiger partial charge < -0.3 is 15.0 Å². The zero-order valence-corrected chi connectivity index (χ0v) is 18.3. The maximum Gasteiger partial charge on any atom is 0.124 e. The molecule has 0 atom stereocenters. The number of nitrogens with zero attached hydrogens (tertiary/aromatic N) is 1. The molecule has 6 heteroatoms. The van der Waals surface area contributed by atoms with Crippen molar-refractivity contribution in [3.8, 4) is 5.75 Å². The summed E-state index contributed by atoms with van der Waals surface area (Å²) in [6, 6.07) is 11.5. The number of halogens is 3. The van der Waals surface area contributed by atoms with E-state index in [9.17, 15) is 0 Å². The van der Waals surface area contributed by atoms with E-state index in [0.29, 0.717) is 16.7 Å². The summed E-state index contributed by atoms with van der Waals surface area (Å²) in [5.74, 6) is 0.856. The Morgan fingerprint density at radius 3 is 2.50 bits per heavy atom. The predicted octanol–water partition coefficient (Wildman–Crippen LogP) is 5.77. The molecule has 1 N–H and O–H groups in total. The van der Waals surface area contributed by atoms with Gasteiger partial charge in [0.25, 0.3) is 0 Å². The first kappa shape index (κ1) is 21.5. The van der Waals surface area contributed by atoms with E-state index in [0.717, 1.165) is 54.1 Å². The van der Waals surface area contributed by atoms with E-state index in [1.54, 1.807) is 6.07 Å². The Morgan fingerprint density at radius 2 is 1.81 bits per heavy atom. The maximum atomic E-state index is 6.23. The molecule has 0 aliphatic heterocycles. The van der Waals surface area contributed by atoms with Crippen molar-refractivity contribution in [2.24, 2.45) is 0 Å². The minimum Gasteiger partial charge on any atom is -0.489 e. The molecule has 0 amide bonds. The lowest BCUT2D eigenvalue weighted by atomic mass is 10.2. The smallest absolute Gasteiger partial charge is 0.124 e. The summed E-state index contributed by atoms with van der Waals surface area (Å²) in [6.07, 6.45) is 0. The third-order valence-corrected chi connectivity index (χ3v) is 5.32. The van der Waals surface area contributed by atoms with Crippen molar-refractivity contribution < 1.29 is 4.74 Å². The molecule has 2 aromatic rings. The second-order valence-electron chi connectivity index (χ2n) is 5.98. The minimum absolute atomic E-state index is 0.407. The van der Waals surface area contributed by atoms with Gasteiger partial charge in [-0.25, -0.2) is 0 Å². The van der Waals surface area contributed by atoms with E-state index in [4.69, 9.17) is 27.9 Å². The summed E-state index contributed by atoms with van der Waals surface area (Å²) in [5, 5.41) is 4.74. The van der Waals surface area contributed by atoms with E-state index in [1.165, 1.54) is 0 Å². The fourth-order valence-corrected chi connectivity index (χ4v) is 3.49. The Balaban J connectivity index is 1.96. The Hall–Kier alpha value is -0.780. The minimum atomic E-state index is 0.407. The number of hydrogen-bond donors (Lipinski definition) is 1. The largest absolute Gasteiger partial charge is 0.489 e. The van der Waals surface area contributed by atoms with Crippen molar-refractivity contribution in [2.45, 2.75) is 27.0 Å². The summed E-state index contributed by atoms with van der Waals surface area (Å²) in [5.41, 5.74) is 2.03. The van der Waals surface area contributed by atoms with Gasteiger partial charge in [0.05, 0.1) is 0 Å². The number of likely N-dealkylation sites (N-methyl/N-ethyl adjacent to an activating group) is 1. The molecule has 0 saturated heterocycles. The molecule has 0 aromatic heterocycles. The van der Waals surface area contributed by atoms with Crippen LogP contribution in [-0.4, -0.2) is 31.1 Å². The zero-order chi connectivity index (χ0) is 18.9. The van der Waals surface area contributed by atoms with Gasteiger partial charge in [0, 0.05) is 45.3 Å². The second kappa shape index (κ2) is 11.2. The van der Waals surface area contributed by atoms with Gasteiger partial charge in [-0.2, -0.15) is 0 Å². The van der Waals surface area contributed by atoms with Crippen LogP contribution in [0.2, 0.25) is 10.0 Å². The Kier molecular flexibility index (Phi) is 9.23. The number of ether oxygens (including phenoxy) is 1. The topological polar surface area (TPSA) is 24.5 Å². The van der Waals surface area contributed by atoms with Crippen LogP contribution in [0.15, 0.2) is 40.9 Å². The molecule has 0 saturated carbocycles. The third-order valence-electron chi connectivity index (χ3n) is 4.24. The summed E-state index contributed by atoms with van der Waals surface area (Å²) < 4.78 is 7.06. The van der Waals surface area contributed by atoms with Crippen LogP contribution in [0.25, 0.3) is 0 Å². The van der Waals surface area contributed by atoms with Crippen molar-refractivity contribution in [1.82, 2.24) is 10.2 Å². The molecule has 0 spiro atoms. The number of nitrogens with one attached hydrogen (secondary N) is 1. The van der Waals surface area contributed by atoms with Crippen molar-refractivity contribution in [1.29, 1.82) is 0 Å². The van der Waals surface area contributed by atoms with E-state index >= 15 is 0 Å². The molecule has 0 bridgehead atoms. The van der Waals surface area contributed by atoms with Gasteiger partial charge in [-0.1, -0.05) is 59.0 Å². The Morgan fingerprint density at radius 1 is 1.04 bits per heavy atom. The van der Waals surface area contributed by atoms with Gasteiger partial charge in [0.15, 0.2) is 0 Å². The lowest BCUT2D eigenvalue weighted by molar-refractivity contribution is 0.296. The molecule has 0 fully saturated rings. The molecule has 0 radical (unpaired) electrons. The summed E-state index contributed by atoms with van der Waals surface area (Å²) in [4.78, 5) is 2.40. The first-order valence-electron chi connectivity index (χ1n) is 8.81. The van der Waals surface area contributed by atoms with Gasteiger partial charge in [-0.15, -0.1) is 0 Å². The quantitative estimate of drug-likeness (QED) is 0.456. The maximum absolute atomic E-state index is 6.23. The van der Waals surface area contributed by atoms with Gasteiger partial charge >= 0.3 is 0 Å². The molecule has 2 aromatic carbocycles. The van der Waals surface area contributed by atoms with Crippen LogP contribution < -0.4 is 10.1 Å². The zero-order valence-electron chi connectivity index (χ0n) is 15.2. The molecular weight excluding hydrogens is 435 g/mol. The van der Waals surface area contributed by atoms with Crippen LogP contribution in [0.3, 0.4) is 0 Å². The van der Waals surface area contributed by atoms with Gasteiger partial charge in [0.2, 0.25) is 0 Å². The molecule has 2 rings (SSSR count). The summed E-state index contributed by atoms with van der Waals surface area (Å²) in [6.45, 7) is 9.66. The molecule has 0 heterocycles. The second-order valence-corrected chi connectivity index (χ2v) is 7.74. The van der Waals surface area contributed by atoms with Crippen molar-refractivity contribution in [3.05, 3.63) is 62.0 Å². The van der Waals surface area contributed by atoms with Crippen LogP contribution >= 0.6 is 39.1 Å². The van der Waals surface area contributed by atoms with Gasteiger partial charge in [-0.3, -0.25) is 0 Å². The fourth-order valence-electron chi connectivity index (χ4n) is 2.62. The van der Waals surface area contributed by atoms with Crippen LogP contribution in [0.5, 0.6) is 5.75 Å². The first-order chi connectivity index (χ1) is 12.5. The molecular formula is C20H25BrCl2N2O. The Bertz CT molecular complexity index is 708. The summed E-state index contributed by atoms with van der Waals surface area (Å²) in [7, 11) is 0. The van der Waals surface area contributed by atoms with Crippen molar-refractivity contribution in [3.63, 3.8) is 0 Å². The number of benzene rings is 2. The molecule has 26 heavy (non-hydrogen) atoms. The Labute approximate surface area is 174 Å². The molecule has 0 aliphatic rings. The first-order valence-corrected chi connectivity index (χ1v) is 10.4. The van der Waals surface area contributed by atoms with E-state index in [-0.39, 0.29) is 0 Å². The van der Waals surface area contributed by atoms with Crippen molar-refractivity contribution in [2.75, 3.05) is 26.2 Å². The average molecular weight is 460 g/mol. The van der Waals surface area contributed by atoms with Crippen molar-refractivity contribution >= 4 is 39.1 Å². The lowest BCUT2D eigenvalue weighted by Crippen LogP contribution is -2.31. The van der Waals surface area contributed by atoms with E-state index in [1.807, 2.05) is 24.3 Å². The normalized spacial score (nSPS) is 11.2. The van der Waals surface area contributed by atoms with E-state index < -0.39 is 0 Å².